The quantitative estimate of drug-likeness (QED) is 0.535. The average molecular weight is 403 g/mol. The Morgan fingerprint density at radius 1 is 1.31 bits per heavy atom. The number of hydrogen-bond donors (Lipinski definition) is 2. The van der Waals surface area contributed by atoms with E-state index in [1.807, 2.05) is 13.8 Å². The van der Waals surface area contributed by atoms with Crippen LogP contribution in [0.25, 0.3) is 0 Å². The number of pyridine rings is 1. The highest BCUT2D eigenvalue weighted by Gasteiger charge is 2.47. The molecule has 1 unspecified atom stereocenters. The van der Waals surface area contributed by atoms with E-state index in [2.05, 4.69) is 38.8 Å². The van der Waals surface area contributed by atoms with Crippen molar-refractivity contribution in [3.05, 3.63) is 28.3 Å². The Hall–Kier alpha value is -0.533. The minimum absolute atomic E-state index is 0.0214. The summed E-state index contributed by atoms with van der Waals surface area (Å²) < 4.78 is 21.4. The molecule has 0 aromatic carbocycles. The van der Waals surface area contributed by atoms with E-state index in [1.165, 1.54) is 0 Å². The molecule has 148 valence electrons. The van der Waals surface area contributed by atoms with Gasteiger partial charge < -0.3 is 15.3 Å². The first kappa shape index (κ1) is 21.8. The molecule has 3 N–H and O–H groups in total. The van der Waals surface area contributed by atoms with Gasteiger partial charge in [0.2, 0.25) is 0 Å². The van der Waals surface area contributed by atoms with E-state index in [-0.39, 0.29) is 22.7 Å². The molecule has 1 aliphatic rings. The zero-order chi connectivity index (χ0) is 20.1. The van der Waals surface area contributed by atoms with Crippen molar-refractivity contribution in [2.45, 2.75) is 76.8 Å². The van der Waals surface area contributed by atoms with Crippen molar-refractivity contribution in [2.24, 2.45) is 11.7 Å². The van der Waals surface area contributed by atoms with Gasteiger partial charge in [0.15, 0.2) is 19.3 Å². The van der Waals surface area contributed by atoms with E-state index in [9.17, 15) is 9.50 Å². The predicted octanol–water partition coefficient (Wildman–Crippen LogP) is 4.69. The van der Waals surface area contributed by atoms with Crippen molar-refractivity contribution in [3.63, 3.8) is 0 Å². The zero-order valence-electron chi connectivity index (χ0n) is 16.9. The van der Waals surface area contributed by atoms with Crippen LogP contribution in [0, 0.1) is 11.7 Å². The third-order valence-corrected chi connectivity index (χ3v) is 10.8. The first-order valence-electron chi connectivity index (χ1n) is 9.15. The Balaban J connectivity index is 2.51. The molecule has 7 heteroatoms. The van der Waals surface area contributed by atoms with Gasteiger partial charge in [0.05, 0.1) is 11.3 Å². The van der Waals surface area contributed by atoms with Crippen LogP contribution in [0.5, 0.6) is 0 Å². The molecule has 0 spiro atoms. The molecule has 1 saturated carbocycles. The molecule has 1 fully saturated rings. The van der Waals surface area contributed by atoms with Gasteiger partial charge in [0, 0.05) is 12.1 Å². The molecule has 26 heavy (non-hydrogen) atoms. The highest BCUT2D eigenvalue weighted by atomic mass is 35.5. The first-order valence-corrected chi connectivity index (χ1v) is 12.4. The van der Waals surface area contributed by atoms with Gasteiger partial charge in [0.1, 0.15) is 5.60 Å². The molecule has 0 amide bonds. The van der Waals surface area contributed by atoms with Crippen molar-refractivity contribution in [3.8, 4) is 0 Å². The summed E-state index contributed by atoms with van der Waals surface area (Å²) in [5.41, 5.74) is 4.29. The van der Waals surface area contributed by atoms with Gasteiger partial charge in [-0.2, -0.15) is 0 Å². The van der Waals surface area contributed by atoms with Gasteiger partial charge in [-0.15, -0.1) is 0 Å². The third-order valence-electron chi connectivity index (χ3n) is 5.89. The number of nitrogens with zero attached hydrogens (tertiary/aromatic N) is 1. The van der Waals surface area contributed by atoms with Crippen LogP contribution in [-0.2, 0) is 15.6 Å². The van der Waals surface area contributed by atoms with Crippen molar-refractivity contribution in [1.82, 2.24) is 4.98 Å². The normalized spacial score (nSPS) is 18.7. The highest BCUT2D eigenvalue weighted by Crippen LogP contribution is 2.47. The second kappa shape index (κ2) is 6.81. The number of nitrogens with two attached hydrogens (primary N) is 1. The monoisotopic (exact) mass is 402 g/mol. The van der Waals surface area contributed by atoms with Crippen LogP contribution in [0.3, 0.4) is 0 Å². The summed E-state index contributed by atoms with van der Waals surface area (Å²) in [5, 5.41) is 10.7. The molecule has 0 radical (unpaired) electrons. The molecular formula is C19H32ClFN2O2Si. The lowest BCUT2D eigenvalue weighted by Gasteiger charge is -2.43. The predicted molar refractivity (Wildman–Crippen MR) is 106 cm³/mol. The summed E-state index contributed by atoms with van der Waals surface area (Å²) in [4.78, 5) is 4.11. The highest BCUT2D eigenvalue weighted by molar-refractivity contribution is 6.74. The van der Waals surface area contributed by atoms with Gasteiger partial charge in [-0.25, -0.2) is 9.37 Å². The maximum Gasteiger partial charge on any atom is 0.193 e. The molecule has 2 rings (SSSR count). The summed E-state index contributed by atoms with van der Waals surface area (Å²) >= 11 is 6.09. The second-order valence-electron chi connectivity index (χ2n) is 9.44. The first-order chi connectivity index (χ1) is 11.7. The number of hydrogen-bond acceptors (Lipinski definition) is 4. The van der Waals surface area contributed by atoms with Gasteiger partial charge >= 0.3 is 0 Å². The Morgan fingerprint density at radius 3 is 2.27 bits per heavy atom. The SMILES string of the molecule is CC(C)(O[Si](C)(C)C(C)(C)C)c1cc(C(O)(CN)C2CC2)nc(Cl)c1F. The van der Waals surface area contributed by atoms with Crippen molar-refractivity contribution >= 4 is 19.9 Å². The third kappa shape index (κ3) is 3.99. The van der Waals surface area contributed by atoms with E-state index in [0.29, 0.717) is 11.3 Å². The summed E-state index contributed by atoms with van der Waals surface area (Å²) in [6.45, 7) is 14.4. The Kier molecular flexibility index (Phi) is 5.70. The zero-order valence-corrected chi connectivity index (χ0v) is 18.7. The van der Waals surface area contributed by atoms with Crippen LogP contribution >= 0.6 is 11.6 Å². The largest absolute Gasteiger partial charge is 0.408 e. The van der Waals surface area contributed by atoms with Crippen LogP contribution in [0.4, 0.5) is 4.39 Å². The van der Waals surface area contributed by atoms with E-state index in [4.69, 9.17) is 21.8 Å². The number of aliphatic hydroxyl groups is 1. The molecule has 1 aromatic heterocycles. The fourth-order valence-corrected chi connectivity index (χ4v) is 4.93. The van der Waals surface area contributed by atoms with Gasteiger partial charge in [0.25, 0.3) is 0 Å². The molecule has 0 bridgehead atoms. The lowest BCUT2D eigenvalue weighted by Crippen LogP contribution is -2.47. The van der Waals surface area contributed by atoms with Gasteiger partial charge in [-0.1, -0.05) is 32.4 Å². The standard InChI is InChI=1S/C19H32ClFN2O2Si/c1-17(2,3)26(6,7)25-18(4,5)13-10-14(23-16(20)15(13)21)19(24,11-22)12-8-9-12/h10,12,24H,8-9,11,22H2,1-7H3. The maximum atomic E-state index is 14.9. The van der Waals surface area contributed by atoms with E-state index in [1.54, 1.807) is 6.07 Å². The summed E-state index contributed by atoms with van der Waals surface area (Å²) in [6, 6.07) is 1.58. The lowest BCUT2D eigenvalue weighted by molar-refractivity contribution is 0.0170. The van der Waals surface area contributed by atoms with Crippen molar-refractivity contribution in [2.75, 3.05) is 6.54 Å². The van der Waals surface area contributed by atoms with E-state index < -0.39 is 25.3 Å². The molecule has 1 aromatic rings. The van der Waals surface area contributed by atoms with Crippen LogP contribution in [0.15, 0.2) is 6.07 Å². The fourth-order valence-electron chi connectivity index (χ4n) is 3.05. The Bertz CT molecular complexity index is 687. The topological polar surface area (TPSA) is 68.4 Å². The number of halogens is 2. The molecule has 0 aliphatic heterocycles. The molecule has 1 atom stereocenters. The van der Waals surface area contributed by atoms with Crippen LogP contribution < -0.4 is 5.73 Å². The second-order valence-corrected chi connectivity index (χ2v) is 14.5. The molecule has 4 nitrogen and oxygen atoms in total. The molecule has 1 aliphatic carbocycles. The van der Waals surface area contributed by atoms with Crippen molar-refractivity contribution in [1.29, 1.82) is 0 Å². The van der Waals surface area contributed by atoms with Gasteiger partial charge in [-0.3, -0.25) is 0 Å². The van der Waals surface area contributed by atoms with Crippen LogP contribution in [0.2, 0.25) is 23.3 Å². The Morgan fingerprint density at radius 2 is 1.85 bits per heavy atom. The number of aromatic nitrogens is 1. The number of rotatable bonds is 6. The van der Waals surface area contributed by atoms with E-state index in [0.717, 1.165) is 12.8 Å². The van der Waals surface area contributed by atoms with E-state index >= 15 is 0 Å². The van der Waals surface area contributed by atoms with Gasteiger partial charge in [-0.05, 0) is 56.8 Å². The Labute approximate surface area is 162 Å². The average Bonchev–Trinajstić information content (AvgIpc) is 3.31. The molecule has 1 heterocycles. The fraction of sp³-hybridized carbons (Fsp3) is 0.737. The summed E-state index contributed by atoms with van der Waals surface area (Å²) in [6.07, 6.45) is 1.76. The maximum absolute atomic E-state index is 14.9. The summed E-state index contributed by atoms with van der Waals surface area (Å²) in [7, 11) is -2.16. The van der Waals surface area contributed by atoms with Crippen molar-refractivity contribution < 1.29 is 13.9 Å². The molecule has 0 saturated heterocycles. The minimum Gasteiger partial charge on any atom is -0.408 e. The van der Waals surface area contributed by atoms with Crippen LogP contribution in [-0.4, -0.2) is 25.0 Å². The lowest BCUT2D eigenvalue weighted by atomic mass is 9.89. The minimum atomic E-state index is -2.16. The van der Waals surface area contributed by atoms with Crippen LogP contribution in [0.1, 0.15) is 58.7 Å². The smallest absolute Gasteiger partial charge is 0.193 e. The molecular weight excluding hydrogens is 371 g/mol. The summed E-state index contributed by atoms with van der Waals surface area (Å²) in [5.74, 6) is -0.562.